The third-order valence-corrected chi connectivity index (χ3v) is 6.98. The summed E-state index contributed by atoms with van der Waals surface area (Å²) >= 11 is 0. The molecule has 0 aliphatic carbocycles. The number of carbonyl (C=O) groups excluding carboxylic acids is 1. The second-order valence-corrected chi connectivity index (χ2v) is 8.97. The lowest BCUT2D eigenvalue weighted by Gasteiger charge is -2.23. The van der Waals surface area contributed by atoms with E-state index in [4.69, 9.17) is 9.15 Å². The van der Waals surface area contributed by atoms with Crippen LogP contribution in [0.15, 0.2) is 52.0 Å². The lowest BCUT2D eigenvalue weighted by Crippen LogP contribution is -2.31. The Balaban J connectivity index is 2.03. The maximum Gasteiger partial charge on any atom is 0.355 e. The number of aromatic nitrogens is 1. The lowest BCUT2D eigenvalue weighted by atomic mass is 10.1. The normalized spacial score (nSPS) is 11.8. The first-order valence-electron chi connectivity index (χ1n) is 9.69. The molecule has 7 nitrogen and oxygen atoms in total. The summed E-state index contributed by atoms with van der Waals surface area (Å²) in [5.74, 6) is 0.0762. The summed E-state index contributed by atoms with van der Waals surface area (Å²) < 4.78 is 38.9. The SMILES string of the molecule is CCOC(=O)c1[nH]c(C)c(CN(Cc2ccco2)S(=O)(=O)c2ccccc2C)c1C. The molecule has 1 aromatic carbocycles. The van der Waals surface area contributed by atoms with Crippen molar-refractivity contribution in [3.8, 4) is 0 Å². The number of carbonyl (C=O) groups is 1. The first-order chi connectivity index (χ1) is 14.3. The molecule has 0 fully saturated rings. The molecular weight excluding hydrogens is 404 g/mol. The van der Waals surface area contributed by atoms with Crippen molar-refractivity contribution in [1.29, 1.82) is 0 Å². The Morgan fingerprint density at radius 1 is 1.10 bits per heavy atom. The summed E-state index contributed by atoms with van der Waals surface area (Å²) in [6.07, 6.45) is 1.51. The molecule has 0 radical (unpaired) electrons. The number of furan rings is 1. The molecule has 3 aromatic rings. The highest BCUT2D eigenvalue weighted by Crippen LogP contribution is 2.27. The van der Waals surface area contributed by atoms with Gasteiger partial charge in [-0.15, -0.1) is 0 Å². The van der Waals surface area contributed by atoms with Crippen molar-refractivity contribution in [3.05, 3.63) is 76.5 Å². The second kappa shape index (κ2) is 8.89. The van der Waals surface area contributed by atoms with Gasteiger partial charge in [-0.3, -0.25) is 0 Å². The number of hydrogen-bond donors (Lipinski definition) is 1. The van der Waals surface area contributed by atoms with Gasteiger partial charge in [0.25, 0.3) is 0 Å². The van der Waals surface area contributed by atoms with E-state index >= 15 is 0 Å². The van der Waals surface area contributed by atoms with Gasteiger partial charge in [0.05, 0.1) is 24.3 Å². The quantitative estimate of drug-likeness (QED) is 0.543. The number of sulfonamides is 1. The van der Waals surface area contributed by atoms with Crippen LogP contribution in [0, 0.1) is 20.8 Å². The van der Waals surface area contributed by atoms with Crippen LogP contribution in [-0.4, -0.2) is 30.3 Å². The van der Waals surface area contributed by atoms with Crippen LogP contribution in [0.2, 0.25) is 0 Å². The summed E-state index contributed by atoms with van der Waals surface area (Å²) in [6, 6.07) is 10.3. The van der Waals surface area contributed by atoms with Crippen LogP contribution in [0.3, 0.4) is 0 Å². The highest BCUT2D eigenvalue weighted by molar-refractivity contribution is 7.89. The molecule has 0 saturated heterocycles. The van der Waals surface area contributed by atoms with Gasteiger partial charge in [-0.1, -0.05) is 18.2 Å². The van der Waals surface area contributed by atoms with Crippen LogP contribution in [-0.2, 0) is 27.8 Å². The van der Waals surface area contributed by atoms with E-state index in [0.717, 1.165) is 11.3 Å². The number of hydrogen-bond acceptors (Lipinski definition) is 5. The molecule has 0 unspecified atom stereocenters. The predicted molar refractivity (Wildman–Crippen MR) is 113 cm³/mol. The van der Waals surface area contributed by atoms with E-state index in [1.54, 1.807) is 57.2 Å². The van der Waals surface area contributed by atoms with Gasteiger partial charge in [-0.05, 0) is 62.6 Å². The van der Waals surface area contributed by atoms with Crippen molar-refractivity contribution in [2.24, 2.45) is 0 Å². The number of aromatic amines is 1. The minimum Gasteiger partial charge on any atom is -0.468 e. The van der Waals surface area contributed by atoms with E-state index in [0.29, 0.717) is 22.6 Å². The number of nitrogens with zero attached hydrogens (tertiary/aromatic N) is 1. The molecule has 0 spiro atoms. The molecule has 30 heavy (non-hydrogen) atoms. The molecule has 0 saturated carbocycles. The Morgan fingerprint density at radius 3 is 2.47 bits per heavy atom. The average Bonchev–Trinajstić information content (AvgIpc) is 3.31. The van der Waals surface area contributed by atoms with E-state index in [9.17, 15) is 13.2 Å². The van der Waals surface area contributed by atoms with Crippen molar-refractivity contribution in [3.63, 3.8) is 0 Å². The summed E-state index contributed by atoms with van der Waals surface area (Å²) in [4.78, 5) is 15.5. The van der Waals surface area contributed by atoms with Crippen LogP contribution in [0.5, 0.6) is 0 Å². The van der Waals surface area contributed by atoms with Gasteiger partial charge < -0.3 is 14.1 Å². The molecule has 0 atom stereocenters. The molecule has 0 aliphatic rings. The monoisotopic (exact) mass is 430 g/mol. The number of H-pyrrole nitrogens is 1. The molecule has 160 valence electrons. The fourth-order valence-corrected chi connectivity index (χ4v) is 5.00. The second-order valence-electron chi connectivity index (χ2n) is 7.07. The zero-order valence-corrected chi connectivity index (χ0v) is 18.4. The third kappa shape index (κ3) is 4.34. The van der Waals surface area contributed by atoms with Gasteiger partial charge >= 0.3 is 5.97 Å². The van der Waals surface area contributed by atoms with Gasteiger partial charge in [-0.25, -0.2) is 13.2 Å². The van der Waals surface area contributed by atoms with Crippen LogP contribution in [0.1, 0.15) is 45.6 Å². The minimum absolute atomic E-state index is 0.0719. The van der Waals surface area contributed by atoms with Crippen LogP contribution >= 0.6 is 0 Å². The van der Waals surface area contributed by atoms with E-state index in [2.05, 4.69) is 4.98 Å². The number of esters is 1. The number of aryl methyl sites for hydroxylation is 2. The van der Waals surface area contributed by atoms with E-state index in [1.807, 2.05) is 6.92 Å². The van der Waals surface area contributed by atoms with Gasteiger partial charge in [0.2, 0.25) is 10.0 Å². The topological polar surface area (TPSA) is 92.6 Å². The van der Waals surface area contributed by atoms with Gasteiger partial charge in [0, 0.05) is 12.2 Å². The molecule has 0 bridgehead atoms. The van der Waals surface area contributed by atoms with Gasteiger partial charge in [0.15, 0.2) is 0 Å². The molecule has 1 N–H and O–H groups in total. The van der Waals surface area contributed by atoms with Crippen LogP contribution < -0.4 is 0 Å². The number of ether oxygens (including phenoxy) is 1. The van der Waals surface area contributed by atoms with Crippen LogP contribution in [0.25, 0.3) is 0 Å². The molecule has 0 aliphatic heterocycles. The Kier molecular flexibility index (Phi) is 6.48. The van der Waals surface area contributed by atoms with E-state index in [1.165, 1.54) is 10.6 Å². The number of nitrogens with one attached hydrogen (secondary N) is 1. The number of rotatable bonds is 8. The maximum atomic E-state index is 13.5. The van der Waals surface area contributed by atoms with Gasteiger partial charge in [0.1, 0.15) is 11.5 Å². The van der Waals surface area contributed by atoms with Crippen molar-refractivity contribution in [2.45, 2.75) is 45.7 Å². The Labute approximate surface area is 176 Å². The zero-order valence-electron chi connectivity index (χ0n) is 17.6. The van der Waals surface area contributed by atoms with Crippen molar-refractivity contribution in [1.82, 2.24) is 9.29 Å². The highest BCUT2D eigenvalue weighted by Gasteiger charge is 2.29. The molecule has 3 rings (SSSR count). The third-order valence-electron chi connectivity index (χ3n) is 5.03. The fourth-order valence-electron chi connectivity index (χ4n) is 3.40. The Bertz CT molecular complexity index is 1130. The molecule has 0 amide bonds. The van der Waals surface area contributed by atoms with Crippen molar-refractivity contribution >= 4 is 16.0 Å². The van der Waals surface area contributed by atoms with E-state index < -0.39 is 16.0 Å². The highest BCUT2D eigenvalue weighted by atomic mass is 32.2. The Hall–Kier alpha value is -2.84. The molecular formula is C22H26N2O5S. The standard InChI is InChI=1S/C22H26N2O5S/c1-5-28-22(25)21-16(3)19(17(4)23-21)14-24(13-18-10-8-12-29-18)30(26,27)20-11-7-6-9-15(20)2/h6-12,23H,5,13-14H2,1-4H3. The molecule has 2 aromatic heterocycles. The predicted octanol–water partition coefficient (Wildman–Crippen LogP) is 4.10. The van der Waals surface area contributed by atoms with Crippen molar-refractivity contribution < 1.29 is 22.4 Å². The van der Waals surface area contributed by atoms with Gasteiger partial charge in [-0.2, -0.15) is 4.31 Å². The van der Waals surface area contributed by atoms with E-state index in [-0.39, 0.29) is 24.6 Å². The van der Waals surface area contributed by atoms with Crippen LogP contribution in [0.4, 0.5) is 0 Å². The smallest absolute Gasteiger partial charge is 0.355 e. The lowest BCUT2D eigenvalue weighted by molar-refractivity contribution is 0.0519. The fraction of sp³-hybridized carbons (Fsp3) is 0.318. The molecule has 8 heteroatoms. The minimum atomic E-state index is -3.82. The molecule has 2 heterocycles. The van der Waals surface area contributed by atoms with Crippen molar-refractivity contribution in [2.75, 3.05) is 6.61 Å². The summed E-state index contributed by atoms with van der Waals surface area (Å²) in [5.41, 5.74) is 3.14. The summed E-state index contributed by atoms with van der Waals surface area (Å²) in [7, 11) is -3.82. The first kappa shape index (κ1) is 21.9. The number of benzene rings is 1. The largest absolute Gasteiger partial charge is 0.468 e. The summed E-state index contributed by atoms with van der Waals surface area (Å²) in [5, 5.41) is 0. The average molecular weight is 431 g/mol. The Morgan fingerprint density at radius 2 is 1.83 bits per heavy atom. The maximum absolute atomic E-state index is 13.5. The zero-order chi connectivity index (χ0) is 21.9. The first-order valence-corrected chi connectivity index (χ1v) is 11.1. The summed E-state index contributed by atoms with van der Waals surface area (Å²) in [6.45, 7) is 7.53.